The van der Waals surface area contributed by atoms with Gasteiger partial charge >= 0.3 is 5.69 Å². The van der Waals surface area contributed by atoms with Crippen molar-refractivity contribution in [3.8, 4) is 0 Å². The van der Waals surface area contributed by atoms with E-state index in [2.05, 4.69) is 15.5 Å². The maximum absolute atomic E-state index is 12.3. The van der Waals surface area contributed by atoms with E-state index < -0.39 is 11.0 Å². The summed E-state index contributed by atoms with van der Waals surface area (Å²) in [6.45, 7) is 8.04. The van der Waals surface area contributed by atoms with Crippen molar-refractivity contribution in [2.24, 2.45) is 0 Å². The number of aryl methyl sites for hydroxylation is 3. The number of carbonyl (C=O) groups excluding carboxylic acids is 1. The zero-order valence-electron chi connectivity index (χ0n) is 14.3. The number of rotatable bonds is 7. The van der Waals surface area contributed by atoms with E-state index in [-0.39, 0.29) is 11.6 Å². The van der Waals surface area contributed by atoms with Crippen LogP contribution in [0.4, 0.5) is 5.69 Å². The van der Waals surface area contributed by atoms with Crippen LogP contribution in [0.2, 0.25) is 0 Å². The SMILES string of the molecule is Cc1nn(C(C)C(=O)NCCCn2nccc2C)c(C)c1[N+](=O)[O-]. The molecular weight excluding hydrogens is 312 g/mol. The van der Waals surface area contributed by atoms with Gasteiger partial charge in [0.25, 0.3) is 0 Å². The number of nitrogens with one attached hydrogen (secondary N) is 1. The first-order chi connectivity index (χ1) is 11.3. The number of hydrogen-bond acceptors (Lipinski definition) is 5. The summed E-state index contributed by atoms with van der Waals surface area (Å²) in [7, 11) is 0. The predicted octanol–water partition coefficient (Wildman–Crippen LogP) is 1.68. The molecule has 0 radical (unpaired) electrons. The number of nitro groups is 1. The summed E-state index contributed by atoms with van der Waals surface area (Å²) in [6.07, 6.45) is 2.49. The van der Waals surface area contributed by atoms with Gasteiger partial charge in [-0.2, -0.15) is 10.2 Å². The van der Waals surface area contributed by atoms with Gasteiger partial charge in [0.2, 0.25) is 5.91 Å². The van der Waals surface area contributed by atoms with Gasteiger partial charge in [-0.15, -0.1) is 0 Å². The van der Waals surface area contributed by atoms with E-state index in [1.807, 2.05) is 17.7 Å². The van der Waals surface area contributed by atoms with Crippen LogP contribution < -0.4 is 5.32 Å². The Balaban J connectivity index is 1.92. The molecule has 0 aromatic carbocycles. The lowest BCUT2D eigenvalue weighted by Crippen LogP contribution is -2.33. The summed E-state index contributed by atoms with van der Waals surface area (Å²) >= 11 is 0. The van der Waals surface area contributed by atoms with Gasteiger partial charge in [0.05, 0.1) is 4.92 Å². The third kappa shape index (κ3) is 3.61. The number of carbonyl (C=O) groups is 1. The molecule has 1 unspecified atom stereocenters. The minimum absolute atomic E-state index is 0.0381. The lowest BCUT2D eigenvalue weighted by molar-refractivity contribution is -0.386. The molecule has 2 rings (SSSR count). The summed E-state index contributed by atoms with van der Waals surface area (Å²) < 4.78 is 3.28. The molecule has 24 heavy (non-hydrogen) atoms. The van der Waals surface area contributed by atoms with E-state index >= 15 is 0 Å². The van der Waals surface area contributed by atoms with Crippen LogP contribution in [0.1, 0.15) is 36.5 Å². The van der Waals surface area contributed by atoms with Crippen molar-refractivity contribution in [1.82, 2.24) is 24.9 Å². The second-order valence-electron chi connectivity index (χ2n) is 5.74. The van der Waals surface area contributed by atoms with Gasteiger partial charge in [-0.25, -0.2) is 0 Å². The zero-order valence-corrected chi connectivity index (χ0v) is 14.3. The maximum Gasteiger partial charge on any atom is 0.312 e. The largest absolute Gasteiger partial charge is 0.354 e. The van der Waals surface area contributed by atoms with Gasteiger partial charge in [0, 0.05) is 25.0 Å². The molecule has 2 heterocycles. The molecule has 0 aliphatic carbocycles. The fourth-order valence-corrected chi connectivity index (χ4v) is 2.63. The lowest BCUT2D eigenvalue weighted by Gasteiger charge is -2.14. The number of hydrogen-bond donors (Lipinski definition) is 1. The summed E-state index contributed by atoms with van der Waals surface area (Å²) in [5, 5.41) is 22.2. The Morgan fingerprint density at radius 2 is 2.12 bits per heavy atom. The normalized spacial score (nSPS) is 12.2. The smallest absolute Gasteiger partial charge is 0.312 e. The fourth-order valence-electron chi connectivity index (χ4n) is 2.63. The molecule has 0 saturated carbocycles. The summed E-state index contributed by atoms with van der Waals surface area (Å²) in [5.41, 5.74) is 1.73. The standard InChI is InChI=1S/C15H22N6O3/c1-10-6-8-17-19(10)9-5-7-16-15(22)13(4)20-12(3)14(21(23)24)11(2)18-20/h6,8,13H,5,7,9H2,1-4H3,(H,16,22). The zero-order chi connectivity index (χ0) is 17.9. The maximum atomic E-state index is 12.3. The minimum atomic E-state index is -0.608. The summed E-state index contributed by atoms with van der Waals surface area (Å²) in [6, 6.07) is 1.32. The molecule has 0 spiro atoms. The van der Waals surface area contributed by atoms with Gasteiger partial charge < -0.3 is 5.32 Å². The molecule has 1 atom stereocenters. The molecule has 2 aromatic heterocycles. The van der Waals surface area contributed by atoms with Crippen LogP contribution in [0.15, 0.2) is 12.3 Å². The van der Waals surface area contributed by atoms with E-state index in [9.17, 15) is 14.9 Å². The highest BCUT2D eigenvalue weighted by Gasteiger charge is 2.26. The van der Waals surface area contributed by atoms with Gasteiger partial charge in [0.15, 0.2) is 0 Å². The first-order valence-electron chi connectivity index (χ1n) is 7.79. The van der Waals surface area contributed by atoms with Crippen LogP contribution in [0.25, 0.3) is 0 Å². The molecule has 0 bridgehead atoms. The van der Waals surface area contributed by atoms with Crippen molar-refractivity contribution in [2.45, 2.75) is 46.7 Å². The molecule has 0 aliphatic rings. The third-order valence-electron chi connectivity index (χ3n) is 3.99. The Kier molecular flexibility index (Phi) is 5.32. The average molecular weight is 334 g/mol. The van der Waals surface area contributed by atoms with Gasteiger partial charge in [-0.1, -0.05) is 0 Å². The highest BCUT2D eigenvalue weighted by atomic mass is 16.6. The molecule has 0 saturated heterocycles. The highest BCUT2D eigenvalue weighted by molar-refractivity contribution is 5.80. The van der Waals surface area contributed by atoms with E-state index in [0.717, 1.165) is 18.7 Å². The molecule has 0 aliphatic heterocycles. The third-order valence-corrected chi connectivity index (χ3v) is 3.99. The van der Waals surface area contributed by atoms with Crippen molar-refractivity contribution in [3.05, 3.63) is 39.5 Å². The van der Waals surface area contributed by atoms with Crippen LogP contribution in [0.5, 0.6) is 0 Å². The van der Waals surface area contributed by atoms with Crippen molar-refractivity contribution in [2.75, 3.05) is 6.54 Å². The predicted molar refractivity (Wildman–Crippen MR) is 87.7 cm³/mol. The van der Waals surface area contributed by atoms with Crippen molar-refractivity contribution in [3.63, 3.8) is 0 Å². The Labute approximate surface area is 139 Å². The number of amides is 1. The van der Waals surface area contributed by atoms with E-state index in [4.69, 9.17) is 0 Å². The second kappa shape index (κ2) is 7.24. The van der Waals surface area contributed by atoms with Crippen LogP contribution in [0, 0.1) is 30.9 Å². The van der Waals surface area contributed by atoms with E-state index in [1.165, 1.54) is 4.68 Å². The quantitative estimate of drug-likeness (QED) is 0.471. The number of aromatic nitrogens is 4. The van der Waals surface area contributed by atoms with Crippen molar-refractivity contribution < 1.29 is 9.72 Å². The Morgan fingerprint density at radius 3 is 2.67 bits per heavy atom. The molecule has 2 aromatic rings. The monoisotopic (exact) mass is 334 g/mol. The average Bonchev–Trinajstić information content (AvgIpc) is 3.05. The first-order valence-corrected chi connectivity index (χ1v) is 7.79. The van der Waals surface area contributed by atoms with Crippen molar-refractivity contribution in [1.29, 1.82) is 0 Å². The molecule has 9 nitrogen and oxygen atoms in total. The van der Waals surface area contributed by atoms with Crippen LogP contribution >= 0.6 is 0 Å². The highest BCUT2D eigenvalue weighted by Crippen LogP contribution is 2.24. The molecular formula is C15H22N6O3. The van der Waals surface area contributed by atoms with Gasteiger partial charge in [0.1, 0.15) is 17.4 Å². The molecule has 9 heteroatoms. The molecule has 130 valence electrons. The van der Waals surface area contributed by atoms with Gasteiger partial charge in [-0.3, -0.25) is 24.3 Å². The summed E-state index contributed by atoms with van der Waals surface area (Å²) in [4.78, 5) is 22.8. The van der Waals surface area contributed by atoms with Crippen LogP contribution in [-0.4, -0.2) is 36.9 Å². The fraction of sp³-hybridized carbons (Fsp3) is 0.533. The second-order valence-corrected chi connectivity index (χ2v) is 5.74. The van der Waals surface area contributed by atoms with Crippen LogP contribution in [-0.2, 0) is 11.3 Å². The van der Waals surface area contributed by atoms with Gasteiger partial charge in [-0.05, 0) is 40.2 Å². The van der Waals surface area contributed by atoms with E-state index in [0.29, 0.717) is 17.9 Å². The molecule has 1 amide bonds. The summed E-state index contributed by atoms with van der Waals surface area (Å²) in [5.74, 6) is -0.215. The minimum Gasteiger partial charge on any atom is -0.354 e. The Morgan fingerprint density at radius 1 is 1.42 bits per heavy atom. The molecule has 1 N–H and O–H groups in total. The van der Waals surface area contributed by atoms with Crippen LogP contribution in [0.3, 0.4) is 0 Å². The topological polar surface area (TPSA) is 108 Å². The Bertz CT molecular complexity index is 748. The number of nitrogens with zero attached hydrogens (tertiary/aromatic N) is 5. The van der Waals surface area contributed by atoms with Crippen molar-refractivity contribution >= 4 is 11.6 Å². The first kappa shape index (κ1) is 17.6. The lowest BCUT2D eigenvalue weighted by atomic mass is 10.2. The van der Waals surface area contributed by atoms with E-state index in [1.54, 1.807) is 27.0 Å². The Hall–Kier alpha value is -2.71. The molecule has 0 fully saturated rings.